The number of hydrogen-bond donors (Lipinski definition) is 1. The Labute approximate surface area is 114 Å². The lowest BCUT2D eigenvalue weighted by Gasteiger charge is -2.15. The summed E-state index contributed by atoms with van der Waals surface area (Å²) in [7, 11) is 0. The molecular formula is C14H25NS2. The molecule has 0 aliphatic rings. The SMILES string of the molecule is CSCCC(C)NCc1ccc(C(C)(C)C)s1. The van der Waals surface area contributed by atoms with E-state index in [0.717, 1.165) is 6.54 Å². The van der Waals surface area contributed by atoms with Gasteiger partial charge in [-0.25, -0.2) is 0 Å². The average molecular weight is 271 g/mol. The molecule has 0 saturated heterocycles. The second-order valence-corrected chi connectivity index (χ2v) is 7.73. The zero-order valence-electron chi connectivity index (χ0n) is 11.7. The Balaban J connectivity index is 2.40. The van der Waals surface area contributed by atoms with Crippen molar-refractivity contribution in [3.8, 4) is 0 Å². The average Bonchev–Trinajstić information content (AvgIpc) is 2.71. The van der Waals surface area contributed by atoms with E-state index >= 15 is 0 Å². The first-order valence-corrected chi connectivity index (χ1v) is 8.46. The van der Waals surface area contributed by atoms with Crippen LogP contribution in [0.25, 0.3) is 0 Å². The molecule has 1 aromatic rings. The monoisotopic (exact) mass is 271 g/mol. The second kappa shape index (κ2) is 6.81. The molecule has 0 bridgehead atoms. The molecule has 1 unspecified atom stereocenters. The fraction of sp³-hybridized carbons (Fsp3) is 0.714. The number of thioether (sulfide) groups is 1. The fourth-order valence-electron chi connectivity index (χ4n) is 1.55. The van der Waals surface area contributed by atoms with Crippen LogP contribution in [0.5, 0.6) is 0 Å². The summed E-state index contributed by atoms with van der Waals surface area (Å²) in [5, 5.41) is 3.60. The molecule has 0 amide bonds. The van der Waals surface area contributed by atoms with Crippen LogP contribution in [0.2, 0.25) is 0 Å². The van der Waals surface area contributed by atoms with Gasteiger partial charge in [0.2, 0.25) is 0 Å². The Hall–Kier alpha value is 0.01000. The van der Waals surface area contributed by atoms with Gasteiger partial charge in [0.15, 0.2) is 0 Å². The van der Waals surface area contributed by atoms with Crippen molar-refractivity contribution in [1.29, 1.82) is 0 Å². The van der Waals surface area contributed by atoms with Crippen molar-refractivity contribution in [1.82, 2.24) is 5.32 Å². The molecule has 3 heteroatoms. The molecule has 17 heavy (non-hydrogen) atoms. The molecule has 0 spiro atoms. The lowest BCUT2D eigenvalue weighted by Crippen LogP contribution is -2.25. The maximum Gasteiger partial charge on any atom is 0.0302 e. The minimum absolute atomic E-state index is 0.285. The third-order valence-electron chi connectivity index (χ3n) is 2.78. The molecule has 1 nitrogen and oxygen atoms in total. The summed E-state index contributed by atoms with van der Waals surface area (Å²) >= 11 is 3.86. The van der Waals surface area contributed by atoms with Crippen molar-refractivity contribution in [2.75, 3.05) is 12.0 Å². The molecule has 1 atom stereocenters. The summed E-state index contributed by atoms with van der Waals surface area (Å²) in [5.74, 6) is 1.24. The zero-order chi connectivity index (χ0) is 12.9. The van der Waals surface area contributed by atoms with Gasteiger partial charge in [-0.1, -0.05) is 20.8 Å². The summed E-state index contributed by atoms with van der Waals surface area (Å²) in [6.07, 6.45) is 3.42. The van der Waals surface area contributed by atoms with Gasteiger partial charge in [0, 0.05) is 22.3 Å². The van der Waals surface area contributed by atoms with Gasteiger partial charge in [0.25, 0.3) is 0 Å². The molecule has 0 fully saturated rings. The highest BCUT2D eigenvalue weighted by Crippen LogP contribution is 2.29. The highest BCUT2D eigenvalue weighted by atomic mass is 32.2. The third kappa shape index (κ3) is 5.45. The fourth-order valence-corrected chi connectivity index (χ4v) is 3.15. The number of thiophene rings is 1. The van der Waals surface area contributed by atoms with Crippen LogP contribution in [0.3, 0.4) is 0 Å². The van der Waals surface area contributed by atoms with Crippen molar-refractivity contribution in [2.45, 2.75) is 52.1 Å². The summed E-state index contributed by atoms with van der Waals surface area (Å²) in [6, 6.07) is 5.15. The first-order chi connectivity index (χ1) is 7.93. The van der Waals surface area contributed by atoms with Gasteiger partial charge in [-0.05, 0) is 42.9 Å². The van der Waals surface area contributed by atoms with Gasteiger partial charge < -0.3 is 5.32 Å². The molecule has 0 aliphatic heterocycles. The Kier molecular flexibility index (Phi) is 6.04. The molecule has 1 rings (SSSR count). The normalized spacial score (nSPS) is 13.9. The lowest BCUT2D eigenvalue weighted by atomic mass is 9.95. The van der Waals surface area contributed by atoms with Crippen LogP contribution in [-0.4, -0.2) is 18.1 Å². The van der Waals surface area contributed by atoms with Crippen LogP contribution in [0.15, 0.2) is 12.1 Å². The Morgan fingerprint density at radius 3 is 2.59 bits per heavy atom. The van der Waals surface area contributed by atoms with E-state index < -0.39 is 0 Å². The molecule has 1 aromatic heterocycles. The molecule has 0 aliphatic carbocycles. The van der Waals surface area contributed by atoms with E-state index in [1.165, 1.54) is 21.9 Å². The largest absolute Gasteiger partial charge is 0.309 e. The second-order valence-electron chi connectivity index (χ2n) is 5.58. The van der Waals surface area contributed by atoms with E-state index in [1.807, 2.05) is 23.1 Å². The van der Waals surface area contributed by atoms with Crippen molar-refractivity contribution in [2.24, 2.45) is 0 Å². The van der Waals surface area contributed by atoms with E-state index in [-0.39, 0.29) is 5.41 Å². The van der Waals surface area contributed by atoms with Crippen LogP contribution >= 0.6 is 23.1 Å². The van der Waals surface area contributed by atoms with E-state index in [4.69, 9.17) is 0 Å². The van der Waals surface area contributed by atoms with Crippen molar-refractivity contribution in [3.05, 3.63) is 21.9 Å². The van der Waals surface area contributed by atoms with Gasteiger partial charge in [0.1, 0.15) is 0 Å². The van der Waals surface area contributed by atoms with Gasteiger partial charge in [-0.15, -0.1) is 11.3 Å². The predicted molar refractivity (Wildman–Crippen MR) is 82.3 cm³/mol. The lowest BCUT2D eigenvalue weighted by molar-refractivity contribution is 0.540. The summed E-state index contributed by atoms with van der Waals surface area (Å²) < 4.78 is 0. The predicted octanol–water partition coefficient (Wildman–Crippen LogP) is 4.28. The highest BCUT2D eigenvalue weighted by Gasteiger charge is 2.15. The van der Waals surface area contributed by atoms with Gasteiger partial charge in [-0.3, -0.25) is 0 Å². The number of nitrogens with one attached hydrogen (secondary N) is 1. The smallest absolute Gasteiger partial charge is 0.0302 e. The van der Waals surface area contributed by atoms with E-state index in [1.54, 1.807) is 0 Å². The van der Waals surface area contributed by atoms with E-state index in [9.17, 15) is 0 Å². The standard InChI is InChI=1S/C14H25NS2/c1-11(8-9-16-5)15-10-12-6-7-13(17-12)14(2,3)4/h6-7,11,15H,8-10H2,1-5H3. The number of hydrogen-bond acceptors (Lipinski definition) is 3. The van der Waals surface area contributed by atoms with Crippen LogP contribution in [0.4, 0.5) is 0 Å². The van der Waals surface area contributed by atoms with Crippen LogP contribution < -0.4 is 5.32 Å². The number of rotatable bonds is 6. The van der Waals surface area contributed by atoms with Crippen molar-refractivity contribution in [3.63, 3.8) is 0 Å². The summed E-state index contributed by atoms with van der Waals surface area (Å²) in [6.45, 7) is 10.1. The quantitative estimate of drug-likeness (QED) is 0.829. The van der Waals surface area contributed by atoms with Crippen LogP contribution in [0.1, 0.15) is 43.9 Å². The van der Waals surface area contributed by atoms with Crippen molar-refractivity contribution < 1.29 is 0 Å². The summed E-state index contributed by atoms with van der Waals surface area (Å²) in [4.78, 5) is 2.93. The van der Waals surface area contributed by atoms with Crippen molar-refractivity contribution >= 4 is 23.1 Å². The maximum atomic E-state index is 3.60. The van der Waals surface area contributed by atoms with E-state index in [2.05, 4.69) is 51.4 Å². The topological polar surface area (TPSA) is 12.0 Å². The minimum atomic E-state index is 0.285. The van der Waals surface area contributed by atoms with E-state index in [0.29, 0.717) is 6.04 Å². The maximum absolute atomic E-state index is 3.60. The van der Waals surface area contributed by atoms with Gasteiger partial charge in [0.05, 0.1) is 0 Å². The van der Waals surface area contributed by atoms with Crippen LogP contribution in [0, 0.1) is 0 Å². The Morgan fingerprint density at radius 2 is 2.06 bits per heavy atom. The third-order valence-corrected chi connectivity index (χ3v) is 4.94. The molecular weight excluding hydrogens is 246 g/mol. The molecule has 0 aromatic carbocycles. The first-order valence-electron chi connectivity index (χ1n) is 6.25. The molecule has 0 saturated carbocycles. The summed E-state index contributed by atoms with van der Waals surface area (Å²) in [5.41, 5.74) is 0.285. The first kappa shape index (κ1) is 15.1. The highest BCUT2D eigenvalue weighted by molar-refractivity contribution is 7.98. The molecule has 1 N–H and O–H groups in total. The Morgan fingerprint density at radius 1 is 1.35 bits per heavy atom. The molecule has 1 heterocycles. The molecule has 98 valence electrons. The van der Waals surface area contributed by atoms with Crippen LogP contribution in [-0.2, 0) is 12.0 Å². The van der Waals surface area contributed by atoms with Gasteiger partial charge in [-0.2, -0.15) is 11.8 Å². The molecule has 0 radical (unpaired) electrons. The Bertz CT molecular complexity index is 325. The van der Waals surface area contributed by atoms with Gasteiger partial charge >= 0.3 is 0 Å². The zero-order valence-corrected chi connectivity index (χ0v) is 13.3. The minimum Gasteiger partial charge on any atom is -0.309 e.